The highest BCUT2D eigenvalue weighted by atomic mass is 14.9. The summed E-state index contributed by atoms with van der Waals surface area (Å²) < 4.78 is 0. The molecule has 1 fully saturated rings. The minimum atomic E-state index is 0.234. The molecule has 1 heteroatoms. The number of hydrogen-bond donors (Lipinski definition) is 1. The Morgan fingerprint density at radius 3 is 2.33 bits per heavy atom. The molecule has 1 saturated carbocycles. The normalized spacial score (nSPS) is 27.3. The van der Waals surface area contributed by atoms with Gasteiger partial charge in [-0.3, -0.25) is 0 Å². The second kappa shape index (κ2) is 5.56. The maximum absolute atomic E-state index is 5.43. The molecule has 1 aliphatic carbocycles. The third-order valence-electron chi connectivity index (χ3n) is 3.34. The van der Waals surface area contributed by atoms with E-state index in [2.05, 4.69) is 32.0 Å². The molecule has 2 unspecified atom stereocenters. The van der Waals surface area contributed by atoms with Crippen molar-refractivity contribution in [3.8, 4) is 12.3 Å². The Hall–Kier alpha value is -0.480. The first-order valence-corrected chi connectivity index (χ1v) is 6.21. The molecule has 86 valence electrons. The van der Waals surface area contributed by atoms with Gasteiger partial charge in [0.15, 0.2) is 0 Å². The van der Waals surface area contributed by atoms with Gasteiger partial charge in [-0.25, -0.2) is 0 Å². The van der Waals surface area contributed by atoms with E-state index < -0.39 is 0 Å². The van der Waals surface area contributed by atoms with Crippen molar-refractivity contribution >= 4 is 0 Å². The maximum atomic E-state index is 5.43. The molecule has 1 aliphatic rings. The SMILES string of the molecule is C#CCC1CCCCC1CNC(C)(C)C. The lowest BCUT2D eigenvalue weighted by molar-refractivity contribution is 0.218. The van der Waals surface area contributed by atoms with Crippen molar-refractivity contribution in [1.82, 2.24) is 5.32 Å². The zero-order chi connectivity index (χ0) is 11.3. The van der Waals surface area contributed by atoms with Gasteiger partial charge in [0.2, 0.25) is 0 Å². The Labute approximate surface area is 95.0 Å². The molecule has 2 atom stereocenters. The Morgan fingerprint density at radius 2 is 1.80 bits per heavy atom. The van der Waals surface area contributed by atoms with Gasteiger partial charge in [0.25, 0.3) is 0 Å². The minimum Gasteiger partial charge on any atom is -0.312 e. The lowest BCUT2D eigenvalue weighted by Gasteiger charge is -2.33. The zero-order valence-electron chi connectivity index (χ0n) is 10.5. The molecule has 0 aliphatic heterocycles. The van der Waals surface area contributed by atoms with Crippen molar-refractivity contribution in [1.29, 1.82) is 0 Å². The first-order chi connectivity index (χ1) is 7.03. The highest BCUT2D eigenvalue weighted by Gasteiger charge is 2.25. The van der Waals surface area contributed by atoms with Crippen LogP contribution >= 0.6 is 0 Å². The summed E-state index contributed by atoms with van der Waals surface area (Å²) >= 11 is 0. The van der Waals surface area contributed by atoms with Gasteiger partial charge in [-0.2, -0.15) is 0 Å². The number of hydrogen-bond acceptors (Lipinski definition) is 1. The molecule has 0 radical (unpaired) electrons. The van der Waals surface area contributed by atoms with E-state index >= 15 is 0 Å². The van der Waals surface area contributed by atoms with Crippen LogP contribution in [-0.4, -0.2) is 12.1 Å². The first kappa shape index (κ1) is 12.6. The molecular weight excluding hydrogens is 182 g/mol. The van der Waals surface area contributed by atoms with Gasteiger partial charge >= 0.3 is 0 Å². The Balaban J connectivity index is 2.40. The summed E-state index contributed by atoms with van der Waals surface area (Å²) in [6.07, 6.45) is 11.9. The molecule has 0 bridgehead atoms. The van der Waals surface area contributed by atoms with Crippen LogP contribution < -0.4 is 5.32 Å². The molecule has 1 nitrogen and oxygen atoms in total. The van der Waals surface area contributed by atoms with Gasteiger partial charge in [-0.15, -0.1) is 12.3 Å². The van der Waals surface area contributed by atoms with Crippen LogP contribution in [0, 0.1) is 24.2 Å². The molecule has 0 heterocycles. The summed E-state index contributed by atoms with van der Waals surface area (Å²) in [5, 5.41) is 3.61. The second-order valence-electron chi connectivity index (χ2n) is 5.84. The molecule has 0 amide bonds. The summed E-state index contributed by atoms with van der Waals surface area (Å²) in [6, 6.07) is 0. The molecule has 1 N–H and O–H groups in total. The highest BCUT2D eigenvalue weighted by molar-refractivity contribution is 4.91. The third kappa shape index (κ3) is 4.71. The summed E-state index contributed by atoms with van der Waals surface area (Å²) in [6.45, 7) is 7.82. The molecule has 0 spiro atoms. The molecular formula is C14H25N. The predicted octanol–water partition coefficient (Wildman–Crippen LogP) is 3.20. The summed E-state index contributed by atoms with van der Waals surface area (Å²) in [5.41, 5.74) is 0.234. The van der Waals surface area contributed by atoms with E-state index in [9.17, 15) is 0 Å². The van der Waals surface area contributed by atoms with E-state index in [1.807, 2.05) is 0 Å². The number of terminal acetylenes is 1. The molecule has 15 heavy (non-hydrogen) atoms. The van der Waals surface area contributed by atoms with Gasteiger partial charge in [0.1, 0.15) is 0 Å². The van der Waals surface area contributed by atoms with Crippen molar-refractivity contribution in [2.45, 2.75) is 58.4 Å². The highest BCUT2D eigenvalue weighted by Crippen LogP contribution is 2.31. The van der Waals surface area contributed by atoms with Crippen LogP contribution in [0.2, 0.25) is 0 Å². The minimum absolute atomic E-state index is 0.234. The number of rotatable bonds is 3. The first-order valence-electron chi connectivity index (χ1n) is 6.21. The Morgan fingerprint density at radius 1 is 1.20 bits per heavy atom. The monoisotopic (exact) mass is 207 g/mol. The standard InChI is InChI=1S/C14H25N/c1-5-8-12-9-6-7-10-13(12)11-15-14(2,3)4/h1,12-13,15H,6-11H2,2-4H3. The van der Waals surface area contributed by atoms with Crippen molar-refractivity contribution in [2.24, 2.45) is 11.8 Å². The van der Waals surface area contributed by atoms with Crippen LogP contribution in [-0.2, 0) is 0 Å². The number of nitrogens with one attached hydrogen (secondary N) is 1. The lowest BCUT2D eigenvalue weighted by atomic mass is 9.77. The zero-order valence-corrected chi connectivity index (χ0v) is 10.5. The predicted molar refractivity (Wildman–Crippen MR) is 66.7 cm³/mol. The average molecular weight is 207 g/mol. The summed E-state index contributed by atoms with van der Waals surface area (Å²) in [5.74, 6) is 4.40. The third-order valence-corrected chi connectivity index (χ3v) is 3.34. The van der Waals surface area contributed by atoms with Gasteiger partial charge in [-0.05, 0) is 52.0 Å². The van der Waals surface area contributed by atoms with Crippen molar-refractivity contribution in [3.63, 3.8) is 0 Å². The van der Waals surface area contributed by atoms with E-state index in [0.717, 1.165) is 24.8 Å². The average Bonchev–Trinajstić information content (AvgIpc) is 2.16. The fraction of sp³-hybridized carbons (Fsp3) is 0.857. The summed E-state index contributed by atoms with van der Waals surface area (Å²) in [7, 11) is 0. The van der Waals surface area contributed by atoms with E-state index in [1.54, 1.807) is 0 Å². The van der Waals surface area contributed by atoms with Crippen LogP contribution in [0.3, 0.4) is 0 Å². The maximum Gasteiger partial charge on any atom is 0.0117 e. The van der Waals surface area contributed by atoms with Crippen molar-refractivity contribution in [2.75, 3.05) is 6.54 Å². The Kier molecular flexibility index (Phi) is 4.67. The molecule has 1 rings (SSSR count). The molecule has 0 aromatic heterocycles. The van der Waals surface area contributed by atoms with E-state index in [-0.39, 0.29) is 5.54 Å². The van der Waals surface area contributed by atoms with Gasteiger partial charge in [0.05, 0.1) is 0 Å². The van der Waals surface area contributed by atoms with Crippen LogP contribution in [0.15, 0.2) is 0 Å². The Bertz CT molecular complexity index is 218. The van der Waals surface area contributed by atoms with Crippen LogP contribution in [0.5, 0.6) is 0 Å². The fourth-order valence-corrected chi connectivity index (χ4v) is 2.41. The molecule has 0 aromatic rings. The van der Waals surface area contributed by atoms with Gasteiger partial charge in [0, 0.05) is 12.0 Å². The van der Waals surface area contributed by atoms with Crippen molar-refractivity contribution < 1.29 is 0 Å². The smallest absolute Gasteiger partial charge is 0.0117 e. The van der Waals surface area contributed by atoms with Crippen LogP contribution in [0.1, 0.15) is 52.9 Å². The summed E-state index contributed by atoms with van der Waals surface area (Å²) in [4.78, 5) is 0. The second-order valence-corrected chi connectivity index (χ2v) is 5.84. The van der Waals surface area contributed by atoms with Crippen LogP contribution in [0.4, 0.5) is 0 Å². The topological polar surface area (TPSA) is 12.0 Å². The molecule has 0 saturated heterocycles. The van der Waals surface area contributed by atoms with Crippen LogP contribution in [0.25, 0.3) is 0 Å². The quantitative estimate of drug-likeness (QED) is 0.701. The van der Waals surface area contributed by atoms with Crippen molar-refractivity contribution in [3.05, 3.63) is 0 Å². The van der Waals surface area contributed by atoms with E-state index in [0.29, 0.717) is 0 Å². The van der Waals surface area contributed by atoms with Gasteiger partial charge < -0.3 is 5.32 Å². The van der Waals surface area contributed by atoms with E-state index in [4.69, 9.17) is 6.42 Å². The fourth-order valence-electron chi connectivity index (χ4n) is 2.41. The van der Waals surface area contributed by atoms with Gasteiger partial charge in [-0.1, -0.05) is 12.8 Å². The largest absolute Gasteiger partial charge is 0.312 e. The molecule has 0 aromatic carbocycles. The van der Waals surface area contributed by atoms with E-state index in [1.165, 1.54) is 25.7 Å². The lowest BCUT2D eigenvalue weighted by Crippen LogP contribution is -2.41.